The van der Waals surface area contributed by atoms with Crippen molar-refractivity contribution in [2.24, 2.45) is 5.92 Å². The topological polar surface area (TPSA) is 0 Å². The molecule has 1 nitrogen and oxygen atoms in total. The Hall–Kier alpha value is -0.0400. The Morgan fingerprint density at radius 3 is 2.00 bits per heavy atom. The molecule has 0 aliphatic carbocycles. The Bertz CT molecular complexity index is 168. The Morgan fingerprint density at radius 1 is 0.923 bits per heavy atom. The third kappa shape index (κ3) is 1.76. The summed E-state index contributed by atoms with van der Waals surface area (Å²) in [6.07, 6.45) is 7.41. The molecular weight excluding hydrogens is 158 g/mol. The van der Waals surface area contributed by atoms with Crippen LogP contribution < -0.4 is 0 Å². The summed E-state index contributed by atoms with van der Waals surface area (Å²) < 4.78 is 1.47. The lowest BCUT2D eigenvalue weighted by atomic mass is 10.1. The molecule has 2 atom stereocenters. The first-order valence-electron chi connectivity index (χ1n) is 6.09. The van der Waals surface area contributed by atoms with Crippen LogP contribution in [0.3, 0.4) is 0 Å². The first-order chi connectivity index (χ1) is 6.23. The van der Waals surface area contributed by atoms with Gasteiger partial charge in [-0.3, -0.25) is 0 Å². The van der Waals surface area contributed by atoms with Crippen LogP contribution in [0.15, 0.2) is 0 Å². The normalized spacial score (nSPS) is 39.2. The zero-order valence-corrected chi connectivity index (χ0v) is 9.26. The smallest absolute Gasteiger partial charge is 0.0866 e. The quantitative estimate of drug-likeness (QED) is 0.505. The van der Waals surface area contributed by atoms with E-state index in [1.54, 1.807) is 0 Å². The average Bonchev–Trinajstić information content (AvgIpc) is 2.29. The van der Waals surface area contributed by atoms with E-state index in [0.717, 1.165) is 12.0 Å². The van der Waals surface area contributed by atoms with Gasteiger partial charge in [-0.2, -0.15) is 0 Å². The van der Waals surface area contributed by atoms with Crippen molar-refractivity contribution in [1.29, 1.82) is 0 Å². The van der Waals surface area contributed by atoms with Gasteiger partial charge in [0.05, 0.1) is 25.7 Å². The van der Waals surface area contributed by atoms with Gasteiger partial charge >= 0.3 is 0 Å². The second-order valence-corrected chi connectivity index (χ2v) is 5.45. The van der Waals surface area contributed by atoms with E-state index in [0.29, 0.717) is 0 Å². The minimum Gasteiger partial charge on any atom is -0.321 e. The van der Waals surface area contributed by atoms with Gasteiger partial charge in [0.2, 0.25) is 0 Å². The van der Waals surface area contributed by atoms with E-state index >= 15 is 0 Å². The minimum atomic E-state index is 0.952. The fourth-order valence-corrected chi connectivity index (χ4v) is 3.62. The van der Waals surface area contributed by atoms with Crippen LogP contribution in [0.1, 0.15) is 46.0 Å². The van der Waals surface area contributed by atoms with Crippen molar-refractivity contribution >= 4 is 0 Å². The maximum absolute atomic E-state index is 2.48. The van der Waals surface area contributed by atoms with Gasteiger partial charge in [0.15, 0.2) is 0 Å². The van der Waals surface area contributed by atoms with Crippen molar-refractivity contribution in [2.45, 2.75) is 52.0 Å². The summed E-state index contributed by atoms with van der Waals surface area (Å²) in [6, 6.07) is 0.952. The van der Waals surface area contributed by atoms with E-state index in [1.165, 1.54) is 56.2 Å². The summed E-state index contributed by atoms with van der Waals surface area (Å²) >= 11 is 0. The fraction of sp³-hybridized carbons (Fsp3) is 1.00. The first-order valence-corrected chi connectivity index (χ1v) is 6.09. The molecule has 2 fully saturated rings. The number of hydrogen-bond donors (Lipinski definition) is 0. The molecule has 1 spiro atoms. The molecule has 0 aromatic carbocycles. The van der Waals surface area contributed by atoms with Crippen LogP contribution in [-0.4, -0.2) is 30.2 Å². The number of hydrogen-bond acceptors (Lipinski definition) is 0. The van der Waals surface area contributed by atoms with E-state index in [9.17, 15) is 0 Å². The second-order valence-electron chi connectivity index (χ2n) is 5.45. The molecule has 0 N–H and O–H groups in total. The molecule has 2 rings (SSSR count). The van der Waals surface area contributed by atoms with Gasteiger partial charge in [-0.05, 0) is 32.6 Å². The van der Waals surface area contributed by atoms with Gasteiger partial charge in [0.1, 0.15) is 0 Å². The highest BCUT2D eigenvalue weighted by Gasteiger charge is 2.42. The lowest BCUT2D eigenvalue weighted by molar-refractivity contribution is -0.938. The van der Waals surface area contributed by atoms with E-state index in [4.69, 9.17) is 0 Å². The second kappa shape index (κ2) is 3.61. The van der Waals surface area contributed by atoms with Crippen molar-refractivity contribution in [3.8, 4) is 0 Å². The summed E-state index contributed by atoms with van der Waals surface area (Å²) in [7, 11) is 0. The molecule has 13 heavy (non-hydrogen) atoms. The van der Waals surface area contributed by atoms with Crippen LogP contribution in [0.4, 0.5) is 0 Å². The molecule has 0 aromatic heterocycles. The number of rotatable bonds is 0. The van der Waals surface area contributed by atoms with Gasteiger partial charge in [0.25, 0.3) is 0 Å². The molecule has 76 valence electrons. The Labute approximate surface area is 82.7 Å². The maximum Gasteiger partial charge on any atom is 0.0866 e. The van der Waals surface area contributed by atoms with Gasteiger partial charge in [0, 0.05) is 12.3 Å². The standard InChI is InChI=1S/C12H24N/c1-11-9-12(2)13(10-11)7-5-3-4-6-8-13/h11-12H,3-10H2,1-2H3/q+1. The van der Waals surface area contributed by atoms with Gasteiger partial charge in [-0.15, -0.1) is 0 Å². The SMILES string of the molecule is CC1CC(C)[N+]2(CCCCCC2)C1. The van der Waals surface area contributed by atoms with Crippen LogP contribution in [-0.2, 0) is 0 Å². The Kier molecular flexibility index (Phi) is 2.64. The molecular formula is C12H24N+. The van der Waals surface area contributed by atoms with Crippen molar-refractivity contribution in [1.82, 2.24) is 0 Å². The van der Waals surface area contributed by atoms with Crippen molar-refractivity contribution < 1.29 is 4.48 Å². The lowest BCUT2D eigenvalue weighted by Gasteiger charge is -2.38. The van der Waals surface area contributed by atoms with E-state index in [2.05, 4.69) is 13.8 Å². The molecule has 0 amide bonds. The summed E-state index contributed by atoms with van der Waals surface area (Å²) in [5.74, 6) is 0.980. The highest BCUT2D eigenvalue weighted by Crippen LogP contribution is 2.33. The van der Waals surface area contributed by atoms with E-state index < -0.39 is 0 Å². The molecule has 2 saturated heterocycles. The predicted molar refractivity (Wildman–Crippen MR) is 56.6 cm³/mol. The summed E-state index contributed by atoms with van der Waals surface area (Å²) in [4.78, 5) is 0. The molecule has 0 aromatic rings. The Balaban J connectivity index is 2.08. The van der Waals surface area contributed by atoms with E-state index in [-0.39, 0.29) is 0 Å². The minimum absolute atomic E-state index is 0.952. The summed E-state index contributed by atoms with van der Waals surface area (Å²) in [6.45, 7) is 9.35. The largest absolute Gasteiger partial charge is 0.321 e. The monoisotopic (exact) mass is 182 g/mol. The molecule has 2 aliphatic rings. The molecule has 2 heterocycles. The molecule has 2 unspecified atom stereocenters. The van der Waals surface area contributed by atoms with Gasteiger partial charge in [-0.1, -0.05) is 6.92 Å². The van der Waals surface area contributed by atoms with Crippen molar-refractivity contribution in [3.05, 3.63) is 0 Å². The number of quaternary nitrogens is 1. The first kappa shape index (κ1) is 9.51. The molecule has 2 aliphatic heterocycles. The van der Waals surface area contributed by atoms with E-state index in [1.807, 2.05) is 0 Å². The predicted octanol–water partition coefficient (Wildman–Crippen LogP) is 2.81. The van der Waals surface area contributed by atoms with Gasteiger partial charge in [-0.25, -0.2) is 0 Å². The molecule has 1 heteroatoms. The highest BCUT2D eigenvalue weighted by molar-refractivity contribution is 4.71. The molecule has 0 radical (unpaired) electrons. The van der Waals surface area contributed by atoms with Crippen molar-refractivity contribution in [2.75, 3.05) is 19.6 Å². The van der Waals surface area contributed by atoms with Gasteiger partial charge < -0.3 is 4.48 Å². The zero-order chi connectivity index (χ0) is 9.31. The third-order valence-electron chi connectivity index (χ3n) is 4.31. The van der Waals surface area contributed by atoms with Crippen molar-refractivity contribution in [3.63, 3.8) is 0 Å². The third-order valence-corrected chi connectivity index (χ3v) is 4.31. The molecule has 0 saturated carbocycles. The lowest BCUT2D eigenvalue weighted by Crippen LogP contribution is -2.51. The zero-order valence-electron chi connectivity index (χ0n) is 9.26. The fourth-order valence-electron chi connectivity index (χ4n) is 3.62. The van der Waals surface area contributed by atoms with Crippen LogP contribution in [0.25, 0.3) is 0 Å². The van der Waals surface area contributed by atoms with Crippen LogP contribution in [0, 0.1) is 5.92 Å². The molecule has 0 bridgehead atoms. The highest BCUT2D eigenvalue weighted by atomic mass is 15.4. The summed E-state index contributed by atoms with van der Waals surface area (Å²) in [5, 5.41) is 0. The van der Waals surface area contributed by atoms with Crippen LogP contribution in [0.5, 0.6) is 0 Å². The Morgan fingerprint density at radius 2 is 1.54 bits per heavy atom. The summed E-state index contributed by atoms with van der Waals surface area (Å²) in [5.41, 5.74) is 0. The number of nitrogens with zero attached hydrogens (tertiary/aromatic N) is 1. The van der Waals surface area contributed by atoms with Crippen LogP contribution >= 0.6 is 0 Å². The van der Waals surface area contributed by atoms with Crippen LogP contribution in [0.2, 0.25) is 0 Å². The maximum atomic E-state index is 2.48. The average molecular weight is 182 g/mol.